The van der Waals surface area contributed by atoms with Crippen molar-refractivity contribution in [1.82, 2.24) is 4.68 Å². The van der Waals surface area contributed by atoms with Crippen molar-refractivity contribution in [2.24, 2.45) is 5.10 Å². The van der Waals surface area contributed by atoms with Gasteiger partial charge in [0.2, 0.25) is 0 Å². The molecule has 22 heavy (non-hydrogen) atoms. The van der Waals surface area contributed by atoms with Crippen LogP contribution in [-0.4, -0.2) is 10.4 Å². The van der Waals surface area contributed by atoms with Crippen molar-refractivity contribution in [2.45, 2.75) is 6.92 Å². The summed E-state index contributed by atoms with van der Waals surface area (Å²) < 4.78 is 5.84. The van der Waals surface area contributed by atoms with E-state index in [-0.39, 0.29) is 5.58 Å². The molecule has 5 nitrogen and oxygen atoms in total. The van der Waals surface area contributed by atoms with E-state index < -0.39 is 11.3 Å². The van der Waals surface area contributed by atoms with E-state index in [1.807, 2.05) is 0 Å². The first-order valence-electron chi connectivity index (χ1n) is 6.53. The number of benzene rings is 2. The number of hydrogen-bond donors (Lipinski definition) is 0. The van der Waals surface area contributed by atoms with Gasteiger partial charge in [-0.2, -0.15) is 5.10 Å². The van der Waals surface area contributed by atoms with Crippen molar-refractivity contribution >= 4 is 28.3 Å². The van der Waals surface area contributed by atoms with E-state index in [0.29, 0.717) is 16.1 Å². The summed E-state index contributed by atoms with van der Waals surface area (Å²) in [7, 11) is 0. The molecule has 3 rings (SSSR count). The SMILES string of the molecule is C/C(=N\n1c(=O)oc2ccccc2c1=O)c1ccc(Cl)cc1. The van der Waals surface area contributed by atoms with Crippen molar-refractivity contribution in [3.05, 3.63) is 80.0 Å². The highest BCUT2D eigenvalue weighted by Gasteiger charge is 2.09. The van der Waals surface area contributed by atoms with Gasteiger partial charge in [-0.15, -0.1) is 4.68 Å². The zero-order valence-electron chi connectivity index (χ0n) is 11.6. The Morgan fingerprint density at radius 1 is 1.09 bits per heavy atom. The minimum atomic E-state index is -0.822. The van der Waals surface area contributed by atoms with Crippen LogP contribution in [0.5, 0.6) is 0 Å². The van der Waals surface area contributed by atoms with Gasteiger partial charge in [0.15, 0.2) is 0 Å². The Bertz CT molecular complexity index is 985. The van der Waals surface area contributed by atoms with E-state index in [2.05, 4.69) is 5.10 Å². The maximum Gasteiger partial charge on any atom is 0.443 e. The molecular weight excluding hydrogens is 304 g/mol. The molecule has 0 atom stereocenters. The smallest absolute Gasteiger partial charge is 0.408 e. The molecule has 0 radical (unpaired) electrons. The molecule has 0 bridgehead atoms. The second kappa shape index (κ2) is 5.61. The predicted octanol–water partition coefficient (Wildman–Crippen LogP) is 2.88. The van der Waals surface area contributed by atoms with Gasteiger partial charge in [-0.05, 0) is 36.8 Å². The summed E-state index contributed by atoms with van der Waals surface area (Å²) >= 11 is 5.83. The molecule has 3 aromatic rings. The van der Waals surface area contributed by atoms with Gasteiger partial charge in [-0.1, -0.05) is 35.9 Å². The largest absolute Gasteiger partial charge is 0.443 e. The number of fused-ring (bicyclic) bond motifs is 1. The van der Waals surface area contributed by atoms with Crippen molar-refractivity contribution in [2.75, 3.05) is 0 Å². The molecule has 1 heterocycles. The molecule has 0 aliphatic heterocycles. The summed E-state index contributed by atoms with van der Waals surface area (Å²) in [6.07, 6.45) is 0. The molecule has 0 N–H and O–H groups in total. The predicted molar refractivity (Wildman–Crippen MR) is 85.8 cm³/mol. The van der Waals surface area contributed by atoms with E-state index in [1.165, 1.54) is 0 Å². The van der Waals surface area contributed by atoms with Crippen molar-refractivity contribution < 1.29 is 4.42 Å². The third kappa shape index (κ3) is 2.58. The van der Waals surface area contributed by atoms with E-state index in [1.54, 1.807) is 55.5 Å². The van der Waals surface area contributed by atoms with E-state index in [4.69, 9.17) is 16.0 Å². The lowest BCUT2D eigenvalue weighted by Crippen LogP contribution is -2.30. The quantitative estimate of drug-likeness (QED) is 0.683. The first-order chi connectivity index (χ1) is 10.6. The van der Waals surface area contributed by atoms with Gasteiger partial charge >= 0.3 is 5.76 Å². The minimum Gasteiger partial charge on any atom is -0.408 e. The fraction of sp³-hybridized carbons (Fsp3) is 0.0625. The summed E-state index contributed by atoms with van der Waals surface area (Å²) in [5.41, 5.74) is 0.985. The van der Waals surface area contributed by atoms with Gasteiger partial charge in [0.05, 0.1) is 11.1 Å². The highest BCUT2D eigenvalue weighted by Crippen LogP contribution is 2.10. The molecule has 0 spiro atoms. The van der Waals surface area contributed by atoms with Crippen LogP contribution in [0.3, 0.4) is 0 Å². The van der Waals surface area contributed by atoms with Gasteiger partial charge in [-0.25, -0.2) is 4.79 Å². The van der Waals surface area contributed by atoms with Crippen molar-refractivity contribution in [1.29, 1.82) is 0 Å². The van der Waals surface area contributed by atoms with Gasteiger partial charge < -0.3 is 4.42 Å². The lowest BCUT2D eigenvalue weighted by atomic mass is 10.1. The third-order valence-electron chi connectivity index (χ3n) is 3.19. The minimum absolute atomic E-state index is 0.244. The summed E-state index contributed by atoms with van der Waals surface area (Å²) in [5.74, 6) is -0.822. The van der Waals surface area contributed by atoms with Gasteiger partial charge in [0, 0.05) is 5.02 Å². The molecule has 0 aliphatic rings. The monoisotopic (exact) mass is 314 g/mol. The topological polar surface area (TPSA) is 64.6 Å². The van der Waals surface area contributed by atoms with Crippen LogP contribution in [0.2, 0.25) is 5.02 Å². The van der Waals surface area contributed by atoms with Gasteiger partial charge in [0.1, 0.15) is 5.58 Å². The number of aromatic nitrogens is 1. The van der Waals surface area contributed by atoms with Gasteiger partial charge in [-0.3, -0.25) is 4.79 Å². The molecule has 6 heteroatoms. The molecule has 2 aromatic carbocycles. The molecule has 0 unspecified atom stereocenters. The zero-order chi connectivity index (χ0) is 15.7. The Kier molecular flexibility index (Phi) is 3.65. The molecule has 0 saturated heterocycles. The second-order valence-corrected chi connectivity index (χ2v) is 5.11. The molecule has 0 amide bonds. The molecule has 0 fully saturated rings. The fourth-order valence-electron chi connectivity index (χ4n) is 2.05. The van der Waals surface area contributed by atoms with Crippen LogP contribution in [0.1, 0.15) is 12.5 Å². The Morgan fingerprint density at radius 3 is 2.50 bits per heavy atom. The van der Waals surface area contributed by atoms with Crippen LogP contribution in [0.15, 0.2) is 67.6 Å². The Hall–Kier alpha value is -2.66. The third-order valence-corrected chi connectivity index (χ3v) is 3.44. The summed E-state index contributed by atoms with van der Waals surface area (Å²) in [6, 6.07) is 13.5. The summed E-state index contributed by atoms with van der Waals surface area (Å²) in [4.78, 5) is 24.3. The van der Waals surface area contributed by atoms with Crippen molar-refractivity contribution in [3.63, 3.8) is 0 Å². The normalized spacial score (nSPS) is 11.8. The number of para-hydroxylation sites is 1. The number of halogens is 1. The maximum atomic E-state index is 12.3. The first-order valence-corrected chi connectivity index (χ1v) is 6.90. The lowest BCUT2D eigenvalue weighted by molar-refractivity contribution is 0.480. The Morgan fingerprint density at radius 2 is 1.77 bits per heavy atom. The van der Waals surface area contributed by atoms with E-state index in [9.17, 15) is 9.59 Å². The van der Waals surface area contributed by atoms with Crippen LogP contribution in [0.25, 0.3) is 11.0 Å². The molecular formula is C16H11ClN2O3. The average Bonchev–Trinajstić information content (AvgIpc) is 2.52. The second-order valence-electron chi connectivity index (χ2n) is 4.67. The van der Waals surface area contributed by atoms with Crippen LogP contribution in [-0.2, 0) is 0 Å². The van der Waals surface area contributed by atoms with E-state index >= 15 is 0 Å². The molecule has 0 aliphatic carbocycles. The van der Waals surface area contributed by atoms with Crippen molar-refractivity contribution in [3.8, 4) is 0 Å². The van der Waals surface area contributed by atoms with Crippen LogP contribution >= 0.6 is 11.6 Å². The highest BCUT2D eigenvalue weighted by molar-refractivity contribution is 6.30. The fourth-order valence-corrected chi connectivity index (χ4v) is 2.18. The number of hydrogen-bond acceptors (Lipinski definition) is 4. The summed E-state index contributed by atoms with van der Waals surface area (Å²) in [5, 5.41) is 4.98. The number of rotatable bonds is 2. The Labute approximate surface area is 130 Å². The average molecular weight is 315 g/mol. The van der Waals surface area contributed by atoms with Crippen LogP contribution in [0, 0.1) is 0 Å². The number of nitrogens with zero attached hydrogens (tertiary/aromatic N) is 2. The molecule has 0 saturated carbocycles. The maximum absolute atomic E-state index is 12.3. The standard InChI is InChI=1S/C16H11ClN2O3/c1-10(11-6-8-12(17)9-7-11)18-19-15(20)13-4-2-3-5-14(13)22-16(19)21/h2-9H,1H3/b18-10+. The zero-order valence-corrected chi connectivity index (χ0v) is 12.4. The molecule has 110 valence electrons. The highest BCUT2D eigenvalue weighted by atomic mass is 35.5. The van der Waals surface area contributed by atoms with Crippen LogP contribution in [0.4, 0.5) is 0 Å². The Balaban J connectivity index is 2.18. The summed E-state index contributed by atoms with van der Waals surface area (Å²) in [6.45, 7) is 1.70. The van der Waals surface area contributed by atoms with Crippen LogP contribution < -0.4 is 11.3 Å². The molecule has 1 aromatic heterocycles. The van der Waals surface area contributed by atoms with E-state index in [0.717, 1.165) is 10.2 Å². The van der Waals surface area contributed by atoms with Gasteiger partial charge in [0.25, 0.3) is 5.56 Å². The lowest BCUT2D eigenvalue weighted by Gasteiger charge is -2.03. The first kappa shape index (κ1) is 14.3.